The fourth-order valence-corrected chi connectivity index (χ4v) is 4.66. The molecule has 4 heterocycles. The van der Waals surface area contributed by atoms with Crippen LogP contribution < -0.4 is 16.6 Å². The SMILES string of the molecule is CC[C@@]1(O)C(=O)OCc2c1cc1n(c2=O)Cc2c-1nc1cccc(N)c1c2NCC(C)C. The number of ether oxygens (including phenoxy) is 1. The van der Waals surface area contributed by atoms with Gasteiger partial charge in [-0.1, -0.05) is 26.8 Å². The van der Waals surface area contributed by atoms with Gasteiger partial charge < -0.3 is 25.5 Å². The number of pyridine rings is 2. The van der Waals surface area contributed by atoms with Gasteiger partial charge in [0, 0.05) is 28.7 Å². The van der Waals surface area contributed by atoms with Gasteiger partial charge >= 0.3 is 5.97 Å². The quantitative estimate of drug-likeness (QED) is 0.334. The number of nitrogen functional groups attached to an aromatic ring is 1. The highest BCUT2D eigenvalue weighted by atomic mass is 16.6. The summed E-state index contributed by atoms with van der Waals surface area (Å²) in [6, 6.07) is 7.31. The van der Waals surface area contributed by atoms with Gasteiger partial charge in [0.15, 0.2) is 5.60 Å². The summed E-state index contributed by atoms with van der Waals surface area (Å²) in [7, 11) is 0. The predicted molar refractivity (Wildman–Crippen MR) is 122 cm³/mol. The Balaban J connectivity index is 1.80. The fourth-order valence-electron chi connectivity index (χ4n) is 4.66. The second-order valence-corrected chi connectivity index (χ2v) is 8.93. The number of nitrogens with zero attached hydrogens (tertiary/aromatic N) is 2. The van der Waals surface area contributed by atoms with Crippen LogP contribution in [0.5, 0.6) is 0 Å². The summed E-state index contributed by atoms with van der Waals surface area (Å²) < 4.78 is 6.79. The van der Waals surface area contributed by atoms with Crippen molar-refractivity contribution in [2.45, 2.75) is 45.9 Å². The van der Waals surface area contributed by atoms with E-state index < -0.39 is 11.6 Å². The third kappa shape index (κ3) is 2.75. The van der Waals surface area contributed by atoms with Gasteiger partial charge in [0.25, 0.3) is 5.56 Å². The largest absolute Gasteiger partial charge is 0.458 e. The van der Waals surface area contributed by atoms with E-state index in [9.17, 15) is 14.7 Å². The van der Waals surface area contributed by atoms with Gasteiger partial charge in [-0.05, 0) is 30.5 Å². The van der Waals surface area contributed by atoms with Crippen molar-refractivity contribution in [3.63, 3.8) is 0 Å². The van der Waals surface area contributed by atoms with E-state index in [0.29, 0.717) is 40.7 Å². The number of anilines is 2. The molecule has 1 aromatic carbocycles. The summed E-state index contributed by atoms with van der Waals surface area (Å²) >= 11 is 0. The van der Waals surface area contributed by atoms with Crippen LogP contribution in [-0.2, 0) is 28.3 Å². The van der Waals surface area contributed by atoms with E-state index in [1.165, 1.54) is 0 Å². The number of fused-ring (bicyclic) bond motifs is 5. The second kappa shape index (κ2) is 7.06. The minimum absolute atomic E-state index is 0.109. The van der Waals surface area contributed by atoms with Gasteiger partial charge in [0.05, 0.1) is 34.7 Å². The molecule has 3 aromatic rings. The zero-order valence-corrected chi connectivity index (χ0v) is 18.4. The first-order chi connectivity index (χ1) is 15.3. The normalized spacial score (nSPS) is 19.0. The molecule has 8 heteroatoms. The van der Waals surface area contributed by atoms with Crippen LogP contribution in [0.4, 0.5) is 11.4 Å². The number of benzene rings is 1. The van der Waals surface area contributed by atoms with Crippen molar-refractivity contribution in [2.24, 2.45) is 5.92 Å². The Kier molecular flexibility index (Phi) is 4.53. The zero-order valence-electron chi connectivity index (χ0n) is 18.4. The maximum Gasteiger partial charge on any atom is 0.343 e. The van der Waals surface area contributed by atoms with E-state index in [2.05, 4.69) is 19.2 Å². The van der Waals surface area contributed by atoms with Crippen LogP contribution in [0, 0.1) is 5.92 Å². The number of cyclic esters (lactones) is 1. The maximum atomic E-state index is 13.4. The number of nitrogens with two attached hydrogens (primary N) is 1. The summed E-state index contributed by atoms with van der Waals surface area (Å²) in [5.74, 6) is -0.325. The topological polar surface area (TPSA) is 119 Å². The fraction of sp³-hybridized carbons (Fsp3) is 0.375. The Morgan fingerprint density at radius 1 is 1.31 bits per heavy atom. The van der Waals surface area contributed by atoms with Crippen molar-refractivity contribution in [1.82, 2.24) is 9.55 Å². The lowest BCUT2D eigenvalue weighted by Gasteiger charge is -2.31. The molecule has 0 aliphatic carbocycles. The molecule has 2 aromatic heterocycles. The number of carbonyl (C=O) groups excluding carboxylic acids is 1. The van der Waals surface area contributed by atoms with Crippen LogP contribution in [0.1, 0.15) is 43.9 Å². The molecular formula is C24H26N4O4. The van der Waals surface area contributed by atoms with Gasteiger partial charge in [-0.15, -0.1) is 0 Å². The summed E-state index contributed by atoms with van der Waals surface area (Å²) in [4.78, 5) is 30.6. The van der Waals surface area contributed by atoms with E-state index in [-0.39, 0.29) is 18.6 Å². The Labute approximate surface area is 185 Å². The third-order valence-electron chi connectivity index (χ3n) is 6.43. The molecule has 0 bridgehead atoms. The summed E-state index contributed by atoms with van der Waals surface area (Å²) in [6.45, 7) is 6.85. The molecule has 2 aliphatic rings. The molecule has 1 atom stereocenters. The lowest BCUT2D eigenvalue weighted by Crippen LogP contribution is -2.44. The first-order valence-electron chi connectivity index (χ1n) is 10.9. The van der Waals surface area contributed by atoms with E-state index in [1.54, 1.807) is 17.6 Å². The standard InChI is InChI=1S/C24H26N4O4/c1-4-24(31)15-8-18-20-13(10-28(18)22(29)14(15)11-32-23(24)30)21(26-9-12(2)3)19-16(25)6-5-7-17(19)27-20/h5-8,12,31H,4,9-11,25H2,1-3H3,(H,26,27)/t24-/m0/s1. The molecule has 8 nitrogen and oxygen atoms in total. The van der Waals surface area contributed by atoms with Crippen LogP contribution >= 0.6 is 0 Å². The number of hydrogen-bond donors (Lipinski definition) is 3. The molecule has 0 fully saturated rings. The third-order valence-corrected chi connectivity index (χ3v) is 6.43. The highest BCUT2D eigenvalue weighted by Crippen LogP contribution is 2.43. The van der Waals surface area contributed by atoms with Crippen LogP contribution in [0.25, 0.3) is 22.3 Å². The van der Waals surface area contributed by atoms with Crippen LogP contribution in [-0.4, -0.2) is 27.2 Å². The van der Waals surface area contributed by atoms with Crippen molar-refractivity contribution in [3.05, 3.63) is 51.3 Å². The van der Waals surface area contributed by atoms with Gasteiger partial charge in [-0.3, -0.25) is 4.79 Å². The number of aliphatic hydroxyl groups is 1. The molecule has 0 spiro atoms. The molecule has 2 aliphatic heterocycles. The number of esters is 1. The van der Waals surface area contributed by atoms with Crippen LogP contribution in [0.2, 0.25) is 0 Å². The number of aromatic nitrogens is 2. The molecule has 4 N–H and O–H groups in total. The number of hydrogen-bond acceptors (Lipinski definition) is 7. The minimum atomic E-state index is -1.84. The van der Waals surface area contributed by atoms with Gasteiger partial charge in [-0.25, -0.2) is 9.78 Å². The summed E-state index contributed by atoms with van der Waals surface area (Å²) in [6.07, 6.45) is 0.109. The molecule has 5 rings (SSSR count). The van der Waals surface area contributed by atoms with Crippen LogP contribution in [0.15, 0.2) is 29.1 Å². The lowest BCUT2D eigenvalue weighted by molar-refractivity contribution is -0.172. The molecule has 0 saturated heterocycles. The highest BCUT2D eigenvalue weighted by Gasteiger charge is 2.45. The number of nitrogens with one attached hydrogen (secondary N) is 1. The summed E-state index contributed by atoms with van der Waals surface area (Å²) in [5, 5.41) is 15.4. The molecular weight excluding hydrogens is 408 g/mol. The van der Waals surface area contributed by atoms with Crippen molar-refractivity contribution >= 4 is 28.2 Å². The Hall–Kier alpha value is -3.39. The molecule has 0 amide bonds. The smallest absolute Gasteiger partial charge is 0.343 e. The zero-order chi connectivity index (χ0) is 22.8. The Bertz CT molecular complexity index is 1340. The Morgan fingerprint density at radius 2 is 2.09 bits per heavy atom. The molecule has 0 saturated carbocycles. The average molecular weight is 434 g/mol. The van der Waals surface area contributed by atoms with E-state index in [4.69, 9.17) is 15.5 Å². The predicted octanol–water partition coefficient (Wildman–Crippen LogP) is 2.73. The minimum Gasteiger partial charge on any atom is -0.458 e. The van der Waals surface area contributed by atoms with E-state index in [1.807, 2.05) is 18.2 Å². The Morgan fingerprint density at radius 3 is 2.81 bits per heavy atom. The monoisotopic (exact) mass is 434 g/mol. The van der Waals surface area contributed by atoms with Crippen molar-refractivity contribution < 1.29 is 14.6 Å². The first kappa shape index (κ1) is 20.5. The second-order valence-electron chi connectivity index (χ2n) is 8.93. The average Bonchev–Trinajstić information content (AvgIpc) is 3.13. The van der Waals surface area contributed by atoms with Crippen molar-refractivity contribution in [2.75, 3.05) is 17.6 Å². The first-order valence-corrected chi connectivity index (χ1v) is 10.9. The highest BCUT2D eigenvalue weighted by molar-refractivity contribution is 6.04. The van der Waals surface area contributed by atoms with Gasteiger partial charge in [0.2, 0.25) is 0 Å². The van der Waals surface area contributed by atoms with E-state index in [0.717, 1.165) is 28.7 Å². The summed E-state index contributed by atoms with van der Waals surface area (Å²) in [5.41, 5.74) is 9.16. The molecule has 0 unspecified atom stereocenters. The van der Waals surface area contributed by atoms with Crippen LogP contribution in [0.3, 0.4) is 0 Å². The van der Waals surface area contributed by atoms with Crippen molar-refractivity contribution in [1.29, 1.82) is 0 Å². The van der Waals surface area contributed by atoms with Gasteiger partial charge in [-0.2, -0.15) is 0 Å². The number of rotatable bonds is 4. The molecule has 166 valence electrons. The lowest BCUT2D eigenvalue weighted by atomic mass is 9.86. The number of carbonyl (C=O) groups is 1. The van der Waals surface area contributed by atoms with Gasteiger partial charge in [0.1, 0.15) is 6.61 Å². The molecule has 0 radical (unpaired) electrons. The molecule has 32 heavy (non-hydrogen) atoms. The van der Waals surface area contributed by atoms with Crippen molar-refractivity contribution in [3.8, 4) is 11.4 Å². The van der Waals surface area contributed by atoms with E-state index >= 15 is 0 Å². The maximum absolute atomic E-state index is 13.4.